The molecule has 28 heavy (non-hydrogen) atoms. The van der Waals surface area contributed by atoms with Crippen LogP contribution in [0.4, 0.5) is 0 Å². The van der Waals surface area contributed by atoms with Crippen LogP contribution in [0.25, 0.3) is 0 Å². The SMILES string of the molecule is CCCCCCCCCCCCCCCC(=O)OC(CO)C1OC[C@@H](O)[C@H]1O. The fraction of sp³-hybridized carbons (Fsp3) is 0.955. The zero-order valence-corrected chi connectivity index (χ0v) is 17.7. The highest BCUT2D eigenvalue weighted by Crippen LogP contribution is 2.20. The summed E-state index contributed by atoms with van der Waals surface area (Å²) in [5, 5.41) is 28.7. The van der Waals surface area contributed by atoms with Crippen molar-refractivity contribution >= 4 is 5.97 Å². The van der Waals surface area contributed by atoms with E-state index >= 15 is 0 Å². The quantitative estimate of drug-likeness (QED) is 0.255. The van der Waals surface area contributed by atoms with E-state index in [4.69, 9.17) is 9.47 Å². The number of unbranched alkanes of at least 4 members (excludes halogenated alkanes) is 12. The van der Waals surface area contributed by atoms with Crippen LogP contribution in [0, 0.1) is 0 Å². The molecule has 4 atom stereocenters. The Kier molecular flexibility index (Phi) is 14.6. The third kappa shape index (κ3) is 10.7. The summed E-state index contributed by atoms with van der Waals surface area (Å²) in [7, 11) is 0. The molecule has 6 heteroatoms. The van der Waals surface area contributed by atoms with Gasteiger partial charge in [-0.3, -0.25) is 4.79 Å². The monoisotopic (exact) mass is 402 g/mol. The van der Waals surface area contributed by atoms with E-state index in [9.17, 15) is 20.1 Å². The molecule has 0 aromatic carbocycles. The molecule has 0 saturated carbocycles. The highest BCUT2D eigenvalue weighted by molar-refractivity contribution is 5.69. The molecule has 6 nitrogen and oxygen atoms in total. The molecule has 0 aromatic heterocycles. The van der Waals surface area contributed by atoms with Gasteiger partial charge in [0.25, 0.3) is 0 Å². The molecule has 0 aromatic rings. The van der Waals surface area contributed by atoms with E-state index in [1.807, 2.05) is 0 Å². The molecule has 1 heterocycles. The van der Waals surface area contributed by atoms with Gasteiger partial charge in [-0.05, 0) is 6.42 Å². The number of aliphatic hydroxyl groups is 3. The lowest BCUT2D eigenvalue weighted by Crippen LogP contribution is -2.43. The van der Waals surface area contributed by atoms with Gasteiger partial charge in [-0.25, -0.2) is 0 Å². The second-order valence-corrected chi connectivity index (χ2v) is 8.06. The van der Waals surface area contributed by atoms with Gasteiger partial charge in [0.15, 0.2) is 6.10 Å². The molecule has 1 rings (SSSR count). The van der Waals surface area contributed by atoms with Gasteiger partial charge in [0.05, 0.1) is 13.2 Å². The smallest absolute Gasteiger partial charge is 0.306 e. The molecule has 1 aliphatic rings. The maximum absolute atomic E-state index is 11.9. The van der Waals surface area contributed by atoms with E-state index in [1.54, 1.807) is 0 Å². The Hall–Kier alpha value is -0.690. The van der Waals surface area contributed by atoms with Crippen LogP contribution in [-0.2, 0) is 14.3 Å². The molecule has 1 fully saturated rings. The second-order valence-electron chi connectivity index (χ2n) is 8.06. The molecule has 166 valence electrons. The maximum atomic E-state index is 11.9. The van der Waals surface area contributed by atoms with Crippen LogP contribution in [0.15, 0.2) is 0 Å². The number of rotatable bonds is 17. The van der Waals surface area contributed by atoms with Crippen LogP contribution in [0.1, 0.15) is 96.8 Å². The zero-order chi connectivity index (χ0) is 20.6. The largest absolute Gasteiger partial charge is 0.457 e. The van der Waals surface area contributed by atoms with Crippen LogP contribution in [-0.4, -0.2) is 58.9 Å². The minimum absolute atomic E-state index is 0.0151. The van der Waals surface area contributed by atoms with E-state index in [2.05, 4.69) is 6.92 Å². The summed E-state index contributed by atoms with van der Waals surface area (Å²) in [6.07, 6.45) is 12.6. The summed E-state index contributed by atoms with van der Waals surface area (Å²) < 4.78 is 10.4. The first-order valence-corrected chi connectivity index (χ1v) is 11.4. The topological polar surface area (TPSA) is 96.2 Å². The first kappa shape index (κ1) is 25.3. The lowest BCUT2D eigenvalue weighted by molar-refractivity contribution is -0.162. The summed E-state index contributed by atoms with van der Waals surface area (Å²) in [6.45, 7) is 1.80. The van der Waals surface area contributed by atoms with Crippen molar-refractivity contribution in [3.63, 3.8) is 0 Å². The normalized spacial score (nSPS) is 23.1. The van der Waals surface area contributed by atoms with Gasteiger partial charge < -0.3 is 24.8 Å². The Labute approximate surface area is 170 Å². The van der Waals surface area contributed by atoms with Crippen LogP contribution >= 0.6 is 0 Å². The van der Waals surface area contributed by atoms with Gasteiger partial charge in [0.2, 0.25) is 0 Å². The van der Waals surface area contributed by atoms with E-state index in [-0.39, 0.29) is 12.6 Å². The Bertz CT molecular complexity index is 389. The Morgan fingerprint density at radius 3 is 1.86 bits per heavy atom. The predicted octanol–water partition coefficient (Wildman–Crippen LogP) is 3.49. The van der Waals surface area contributed by atoms with Gasteiger partial charge in [0.1, 0.15) is 18.3 Å². The van der Waals surface area contributed by atoms with Crippen molar-refractivity contribution in [3.8, 4) is 0 Å². The van der Waals surface area contributed by atoms with Crippen molar-refractivity contribution in [3.05, 3.63) is 0 Å². The molecule has 0 spiro atoms. The molecule has 1 aliphatic heterocycles. The average Bonchev–Trinajstić information content (AvgIpc) is 3.02. The summed E-state index contributed by atoms with van der Waals surface area (Å²) in [6, 6.07) is 0. The van der Waals surface area contributed by atoms with Crippen molar-refractivity contribution in [2.75, 3.05) is 13.2 Å². The first-order valence-electron chi connectivity index (χ1n) is 11.4. The zero-order valence-electron chi connectivity index (χ0n) is 17.7. The van der Waals surface area contributed by atoms with Gasteiger partial charge in [0, 0.05) is 6.42 Å². The van der Waals surface area contributed by atoms with Gasteiger partial charge in [-0.15, -0.1) is 0 Å². The van der Waals surface area contributed by atoms with Crippen molar-refractivity contribution in [2.45, 2.75) is 121 Å². The number of carbonyl (C=O) groups is 1. The van der Waals surface area contributed by atoms with Gasteiger partial charge in [-0.1, -0.05) is 84.0 Å². The fourth-order valence-electron chi connectivity index (χ4n) is 3.68. The average molecular weight is 403 g/mol. The maximum Gasteiger partial charge on any atom is 0.306 e. The van der Waals surface area contributed by atoms with Crippen molar-refractivity contribution in [1.82, 2.24) is 0 Å². The highest BCUT2D eigenvalue weighted by atomic mass is 16.6. The first-order chi connectivity index (χ1) is 13.6. The third-order valence-corrected chi connectivity index (χ3v) is 5.50. The highest BCUT2D eigenvalue weighted by Gasteiger charge is 2.41. The molecule has 0 amide bonds. The molecule has 0 radical (unpaired) electrons. The Balaban J connectivity index is 1.95. The summed E-state index contributed by atoms with van der Waals surface area (Å²) in [5.41, 5.74) is 0. The number of ether oxygens (including phenoxy) is 2. The lowest BCUT2D eigenvalue weighted by Gasteiger charge is -2.24. The summed E-state index contributed by atoms with van der Waals surface area (Å²) in [5.74, 6) is -0.390. The number of hydrogen-bond acceptors (Lipinski definition) is 6. The Morgan fingerprint density at radius 1 is 0.929 bits per heavy atom. The van der Waals surface area contributed by atoms with Crippen LogP contribution in [0.3, 0.4) is 0 Å². The van der Waals surface area contributed by atoms with Crippen LogP contribution in [0.2, 0.25) is 0 Å². The van der Waals surface area contributed by atoms with E-state index in [0.717, 1.165) is 19.3 Å². The Morgan fingerprint density at radius 2 is 1.43 bits per heavy atom. The van der Waals surface area contributed by atoms with Crippen LogP contribution in [0.5, 0.6) is 0 Å². The molecule has 3 N–H and O–H groups in total. The van der Waals surface area contributed by atoms with E-state index in [0.29, 0.717) is 6.42 Å². The van der Waals surface area contributed by atoms with E-state index in [1.165, 1.54) is 64.2 Å². The molecule has 0 aliphatic carbocycles. The molecular weight excluding hydrogens is 360 g/mol. The standard InChI is InChI=1S/C22H42O6/c1-2-3-4-5-6-7-8-9-10-11-12-13-14-15-20(25)28-19(16-23)22-21(26)18(24)17-27-22/h18-19,21-24,26H,2-17H2,1H3/t18-,19?,21-,22?/m1/s1. The minimum Gasteiger partial charge on any atom is -0.457 e. The molecule has 2 unspecified atom stereocenters. The lowest BCUT2D eigenvalue weighted by atomic mass is 10.0. The number of carbonyl (C=O) groups excluding carboxylic acids is 1. The van der Waals surface area contributed by atoms with Gasteiger partial charge >= 0.3 is 5.97 Å². The number of hydrogen-bond donors (Lipinski definition) is 3. The minimum atomic E-state index is -1.14. The van der Waals surface area contributed by atoms with Crippen molar-refractivity contribution in [2.24, 2.45) is 0 Å². The molecule has 1 saturated heterocycles. The van der Waals surface area contributed by atoms with Gasteiger partial charge in [-0.2, -0.15) is 0 Å². The summed E-state index contributed by atoms with van der Waals surface area (Å²) >= 11 is 0. The van der Waals surface area contributed by atoms with Crippen LogP contribution < -0.4 is 0 Å². The van der Waals surface area contributed by atoms with Crippen molar-refractivity contribution < 1.29 is 29.6 Å². The van der Waals surface area contributed by atoms with Crippen molar-refractivity contribution in [1.29, 1.82) is 0 Å². The molecule has 0 bridgehead atoms. The third-order valence-electron chi connectivity index (χ3n) is 5.50. The summed E-state index contributed by atoms with van der Waals surface area (Å²) in [4.78, 5) is 11.9. The second kappa shape index (κ2) is 16.1. The molecular formula is C22H42O6. The number of esters is 1. The number of aliphatic hydroxyl groups excluding tert-OH is 3. The van der Waals surface area contributed by atoms with E-state index < -0.39 is 31.0 Å². The fourth-order valence-corrected chi connectivity index (χ4v) is 3.68. The predicted molar refractivity (Wildman–Crippen MR) is 109 cm³/mol.